The number of amides is 2. The molecule has 2 bridgehead atoms. The largest absolute Gasteiger partial charge is 0.477 e. The van der Waals surface area contributed by atoms with Gasteiger partial charge in [0.05, 0.1) is 47.0 Å². The average molecular weight is 470 g/mol. The summed E-state index contributed by atoms with van der Waals surface area (Å²) in [5.74, 6) is -1.01. The summed E-state index contributed by atoms with van der Waals surface area (Å²) in [6, 6.07) is 14.4. The summed E-state index contributed by atoms with van der Waals surface area (Å²) in [6.07, 6.45) is 3.13. The molecule has 3 aliphatic rings. The Hall–Kier alpha value is -4.03. The second-order valence-corrected chi connectivity index (χ2v) is 9.62. The molecule has 4 heterocycles. The second kappa shape index (κ2) is 7.48. The van der Waals surface area contributed by atoms with Crippen molar-refractivity contribution >= 4 is 34.1 Å². The van der Waals surface area contributed by atoms with E-state index in [9.17, 15) is 14.9 Å². The lowest BCUT2D eigenvalue weighted by atomic mass is 9.67. The van der Waals surface area contributed by atoms with Gasteiger partial charge < -0.3 is 15.2 Å². The average Bonchev–Trinajstić information content (AvgIpc) is 3.43. The van der Waals surface area contributed by atoms with Crippen LogP contribution < -0.4 is 15.4 Å². The third-order valence-electron chi connectivity index (χ3n) is 7.71. The number of anilines is 2. The molecule has 3 fully saturated rings. The van der Waals surface area contributed by atoms with Crippen LogP contribution >= 0.6 is 0 Å². The third-order valence-corrected chi connectivity index (χ3v) is 7.71. The van der Waals surface area contributed by atoms with E-state index in [1.807, 2.05) is 31.2 Å². The highest BCUT2D eigenvalue weighted by molar-refractivity contribution is 6.26. The van der Waals surface area contributed by atoms with Crippen molar-refractivity contribution in [3.8, 4) is 11.9 Å². The molecule has 0 spiro atoms. The lowest BCUT2D eigenvalue weighted by Crippen LogP contribution is -2.43. The number of aromatic nitrogens is 2. The Morgan fingerprint density at radius 2 is 1.91 bits per heavy atom. The lowest BCUT2D eigenvalue weighted by Gasteiger charge is -2.31. The molecule has 4 atom stereocenters. The number of carbonyl (C=O) groups excluding carboxylic acids is 2. The number of hydrogen-bond donors (Lipinski definition) is 1. The number of hydrogen-bond acceptors (Lipinski definition) is 8. The molecule has 3 aromatic rings. The number of fused-ring (bicyclic) bond motifs is 6. The van der Waals surface area contributed by atoms with Crippen molar-refractivity contribution in [1.29, 1.82) is 5.26 Å². The maximum atomic E-state index is 13.9. The topological polar surface area (TPSA) is 131 Å². The number of nitriles is 1. The van der Waals surface area contributed by atoms with Crippen LogP contribution in [0.25, 0.3) is 10.8 Å². The first-order valence-corrected chi connectivity index (χ1v) is 11.6. The van der Waals surface area contributed by atoms with E-state index in [-0.39, 0.29) is 18.4 Å². The minimum absolute atomic E-state index is 0.247. The molecule has 0 unspecified atom stereocenters. The predicted octanol–water partition coefficient (Wildman–Crippen LogP) is 2.98. The Bertz CT molecular complexity index is 1430. The molecular weight excluding hydrogens is 446 g/mol. The Kier molecular flexibility index (Phi) is 4.60. The normalized spacial score (nSPS) is 29.0. The maximum absolute atomic E-state index is 13.9. The van der Waals surface area contributed by atoms with E-state index in [2.05, 4.69) is 16.0 Å². The summed E-state index contributed by atoms with van der Waals surface area (Å²) in [7, 11) is 0. The number of nitrogens with two attached hydrogens (primary N) is 1. The van der Waals surface area contributed by atoms with E-state index >= 15 is 0 Å². The van der Waals surface area contributed by atoms with Gasteiger partial charge in [0.25, 0.3) is 0 Å². The molecule has 2 amide bonds. The van der Waals surface area contributed by atoms with Crippen molar-refractivity contribution in [3.63, 3.8) is 0 Å². The van der Waals surface area contributed by atoms with Crippen LogP contribution in [0.3, 0.4) is 0 Å². The number of rotatable bonds is 5. The molecule has 2 N–H and O–H groups in total. The van der Waals surface area contributed by atoms with Crippen molar-refractivity contribution in [2.24, 2.45) is 11.8 Å². The molecule has 9 nitrogen and oxygen atoms in total. The number of nitrogens with zero attached hydrogens (tertiary/aromatic N) is 4. The van der Waals surface area contributed by atoms with Crippen LogP contribution in [-0.2, 0) is 14.3 Å². The SMILES string of the molecule is C[C@]12CC[C@](CCOc3cc(N)ncn3)(O1)[C@@H]1C(=O)N(c3ccc(C#N)c4ccccc34)C(=O)[C@@H]12. The van der Waals surface area contributed by atoms with Gasteiger partial charge in [-0.15, -0.1) is 0 Å². The summed E-state index contributed by atoms with van der Waals surface area (Å²) < 4.78 is 12.3. The van der Waals surface area contributed by atoms with Gasteiger partial charge in [-0.25, -0.2) is 14.9 Å². The first-order valence-electron chi connectivity index (χ1n) is 11.6. The van der Waals surface area contributed by atoms with E-state index in [1.54, 1.807) is 12.1 Å². The Labute approximate surface area is 201 Å². The lowest BCUT2D eigenvalue weighted by molar-refractivity contribution is -0.131. The quantitative estimate of drug-likeness (QED) is 0.564. The fourth-order valence-corrected chi connectivity index (χ4v) is 6.18. The molecule has 3 aliphatic heterocycles. The van der Waals surface area contributed by atoms with Gasteiger partial charge in [-0.2, -0.15) is 5.26 Å². The van der Waals surface area contributed by atoms with Gasteiger partial charge in [0, 0.05) is 23.3 Å². The Morgan fingerprint density at radius 3 is 2.69 bits per heavy atom. The number of imide groups is 1. The molecule has 9 heteroatoms. The molecule has 3 saturated heterocycles. The van der Waals surface area contributed by atoms with Crippen LogP contribution in [0.4, 0.5) is 11.5 Å². The Morgan fingerprint density at radius 1 is 1.14 bits per heavy atom. The summed E-state index contributed by atoms with van der Waals surface area (Å²) in [5, 5.41) is 10.9. The first kappa shape index (κ1) is 21.5. The zero-order chi connectivity index (χ0) is 24.4. The number of benzene rings is 2. The second-order valence-electron chi connectivity index (χ2n) is 9.62. The zero-order valence-corrected chi connectivity index (χ0v) is 19.1. The van der Waals surface area contributed by atoms with E-state index < -0.39 is 23.0 Å². The number of carbonyl (C=O) groups is 2. The summed E-state index contributed by atoms with van der Waals surface area (Å²) in [6.45, 7) is 2.19. The van der Waals surface area contributed by atoms with Crippen LogP contribution in [0.5, 0.6) is 5.88 Å². The zero-order valence-electron chi connectivity index (χ0n) is 19.1. The molecule has 2 aromatic carbocycles. The number of ether oxygens (including phenoxy) is 2. The minimum atomic E-state index is -0.790. The van der Waals surface area contributed by atoms with Gasteiger partial charge in [-0.3, -0.25) is 9.59 Å². The van der Waals surface area contributed by atoms with Crippen LogP contribution in [0, 0.1) is 23.2 Å². The van der Waals surface area contributed by atoms with Crippen LogP contribution in [0.2, 0.25) is 0 Å². The van der Waals surface area contributed by atoms with E-state index in [0.29, 0.717) is 53.0 Å². The van der Waals surface area contributed by atoms with Crippen molar-refractivity contribution in [2.45, 2.75) is 37.4 Å². The highest BCUT2D eigenvalue weighted by Crippen LogP contribution is 2.62. The van der Waals surface area contributed by atoms with E-state index in [4.69, 9.17) is 15.2 Å². The molecule has 176 valence electrons. The standard InChI is InChI=1S/C26H23N5O4/c1-25-8-9-26(35-25,10-11-34-20-12-19(28)29-14-30-20)22-21(25)23(32)31(24(22)33)18-7-6-15(13-27)16-4-2-3-5-17(16)18/h2-7,12,14,21-22H,8-11H2,1H3,(H2,28,29,30)/t21-,22+,25-,26-/m1/s1. The fraction of sp³-hybridized carbons (Fsp3) is 0.346. The van der Waals surface area contributed by atoms with Gasteiger partial charge in [-0.05, 0) is 31.9 Å². The highest BCUT2D eigenvalue weighted by Gasteiger charge is 2.73. The van der Waals surface area contributed by atoms with Crippen LogP contribution in [0.15, 0.2) is 48.8 Å². The molecular formula is C26H23N5O4. The fourth-order valence-electron chi connectivity index (χ4n) is 6.18. The van der Waals surface area contributed by atoms with Crippen molar-refractivity contribution in [1.82, 2.24) is 9.97 Å². The monoisotopic (exact) mass is 469 g/mol. The van der Waals surface area contributed by atoms with Crippen LogP contribution in [0.1, 0.15) is 31.7 Å². The van der Waals surface area contributed by atoms with Gasteiger partial charge in [0.2, 0.25) is 17.7 Å². The van der Waals surface area contributed by atoms with Crippen molar-refractivity contribution < 1.29 is 19.1 Å². The van der Waals surface area contributed by atoms with Gasteiger partial charge in [0.1, 0.15) is 12.1 Å². The molecule has 6 rings (SSSR count). The predicted molar refractivity (Wildman–Crippen MR) is 126 cm³/mol. The molecule has 0 radical (unpaired) electrons. The summed E-state index contributed by atoms with van der Waals surface area (Å²) in [5.41, 5.74) is 5.20. The van der Waals surface area contributed by atoms with E-state index in [1.165, 1.54) is 17.3 Å². The molecule has 35 heavy (non-hydrogen) atoms. The highest BCUT2D eigenvalue weighted by atomic mass is 16.5. The smallest absolute Gasteiger partial charge is 0.240 e. The van der Waals surface area contributed by atoms with Gasteiger partial charge >= 0.3 is 0 Å². The maximum Gasteiger partial charge on any atom is 0.240 e. The molecule has 0 saturated carbocycles. The molecule has 0 aliphatic carbocycles. The van der Waals surface area contributed by atoms with E-state index in [0.717, 1.165) is 0 Å². The Balaban J connectivity index is 1.34. The van der Waals surface area contributed by atoms with Gasteiger partial charge in [0.15, 0.2) is 0 Å². The summed E-state index contributed by atoms with van der Waals surface area (Å²) >= 11 is 0. The van der Waals surface area contributed by atoms with Crippen molar-refractivity contribution in [2.75, 3.05) is 17.2 Å². The third kappa shape index (κ3) is 3.03. The summed E-state index contributed by atoms with van der Waals surface area (Å²) in [4.78, 5) is 36.9. The number of nitrogen functional groups attached to an aromatic ring is 1. The first-order chi connectivity index (χ1) is 16.9. The molecule has 1 aromatic heterocycles. The van der Waals surface area contributed by atoms with Crippen molar-refractivity contribution in [3.05, 3.63) is 54.4 Å². The minimum Gasteiger partial charge on any atom is -0.477 e. The van der Waals surface area contributed by atoms with Crippen LogP contribution in [-0.4, -0.2) is 39.6 Å². The van der Waals surface area contributed by atoms with Gasteiger partial charge in [-0.1, -0.05) is 24.3 Å².